The molecule has 0 aliphatic heterocycles. The van der Waals surface area contributed by atoms with Crippen LogP contribution in [0, 0.1) is 6.92 Å². The molecule has 0 N–H and O–H groups in total. The molecule has 0 fully saturated rings. The predicted octanol–water partition coefficient (Wildman–Crippen LogP) is 1.18. The molecule has 0 unspecified atom stereocenters. The van der Waals surface area contributed by atoms with Gasteiger partial charge in [-0.2, -0.15) is 0 Å². The summed E-state index contributed by atoms with van der Waals surface area (Å²) in [7, 11) is 0. The van der Waals surface area contributed by atoms with Crippen molar-refractivity contribution in [2.75, 3.05) is 18.0 Å². The molecule has 0 radical (unpaired) electrons. The van der Waals surface area contributed by atoms with Crippen molar-refractivity contribution in [3.63, 3.8) is 0 Å². The van der Waals surface area contributed by atoms with Gasteiger partial charge in [0.2, 0.25) is 0 Å². The number of carbonyl (C=O) groups is 1. The Morgan fingerprint density at radius 2 is 2.35 bits per heavy atom. The molecule has 0 bridgehead atoms. The normalized spacial score (nSPS) is 10.3. The fourth-order valence-electron chi connectivity index (χ4n) is 1.44. The molecule has 0 aromatic carbocycles. The second-order valence-electron chi connectivity index (χ2n) is 3.73. The number of aryl methyl sites for hydroxylation is 1. The Morgan fingerprint density at radius 3 is 2.95 bits per heavy atom. The fourth-order valence-corrected chi connectivity index (χ4v) is 1.63. The number of aromatic nitrogens is 2. The third-order valence-corrected chi connectivity index (χ3v) is 2.78. The topological polar surface area (TPSA) is 84.9 Å². The van der Waals surface area contributed by atoms with E-state index in [4.69, 9.17) is 0 Å². The average Bonchev–Trinajstić information content (AvgIpc) is 2.44. The second kappa shape index (κ2) is 8.43. The molecule has 1 aromatic heterocycles. The molecule has 0 saturated heterocycles. The maximum absolute atomic E-state index is 11.4. The predicted molar refractivity (Wildman–Crippen MR) is 76.8 cm³/mol. The molecule has 8 heteroatoms. The van der Waals surface area contributed by atoms with E-state index < -0.39 is 0 Å². The van der Waals surface area contributed by atoms with Gasteiger partial charge in [-0.15, -0.1) is 0 Å². The zero-order valence-corrected chi connectivity index (χ0v) is 14.3. The summed E-state index contributed by atoms with van der Waals surface area (Å²) in [4.78, 5) is 29.0. The summed E-state index contributed by atoms with van der Waals surface area (Å²) >= 11 is 1.24. The Labute approximate surface area is 128 Å². The molecule has 7 nitrogen and oxygen atoms in total. The number of hydrogen-bond acceptors (Lipinski definition) is 5. The van der Waals surface area contributed by atoms with Gasteiger partial charge in [-0.25, -0.2) is 0 Å². The molecular formula is C12H15N6OW-. The number of amides is 1. The summed E-state index contributed by atoms with van der Waals surface area (Å²) in [6, 6.07) is 1.80. The number of aliphatic imine (C=N–C) groups is 2. The second-order valence-corrected chi connectivity index (χ2v) is 4.49. The fraction of sp³-hybridized carbons (Fsp3) is 0.333. The number of likely N-dealkylation sites (N-methyl/N-ethyl adjacent to an activating group) is 1. The van der Waals surface area contributed by atoms with E-state index in [-0.39, 0.29) is 12.5 Å². The van der Waals surface area contributed by atoms with Gasteiger partial charge in [0.1, 0.15) is 0 Å². The first kappa shape index (κ1) is 16.3. The van der Waals surface area contributed by atoms with Crippen LogP contribution < -0.4 is 4.90 Å². The summed E-state index contributed by atoms with van der Waals surface area (Å²) in [6.07, 6.45) is 1.40. The number of carbonyl (C=O) groups excluding carboxylic acids is 1. The van der Waals surface area contributed by atoms with Gasteiger partial charge < -0.3 is 0 Å². The van der Waals surface area contributed by atoms with Crippen molar-refractivity contribution in [3.8, 4) is 0 Å². The van der Waals surface area contributed by atoms with E-state index in [1.165, 1.54) is 25.7 Å². The van der Waals surface area contributed by atoms with Crippen LogP contribution in [0.4, 0.5) is 11.8 Å². The summed E-state index contributed by atoms with van der Waals surface area (Å²) in [5.74, 6) is 0.653. The van der Waals surface area contributed by atoms with Crippen LogP contribution >= 0.6 is 0 Å². The van der Waals surface area contributed by atoms with Crippen molar-refractivity contribution in [1.29, 1.82) is 0 Å². The molecule has 1 rings (SSSR count). The average molecular weight is 443 g/mol. The van der Waals surface area contributed by atoms with E-state index in [2.05, 4.69) is 32.0 Å². The van der Waals surface area contributed by atoms with Crippen molar-refractivity contribution < 1.29 is 24.1 Å². The Hall–Kier alpha value is -1.75. The molecule has 0 aliphatic carbocycles. The Bertz CT molecular complexity index is 531. The minimum atomic E-state index is -0.299. The van der Waals surface area contributed by atoms with Gasteiger partial charge in [-0.05, 0) is 0 Å². The van der Waals surface area contributed by atoms with Crippen LogP contribution in [0.1, 0.15) is 12.6 Å². The van der Waals surface area contributed by atoms with E-state index in [1.54, 1.807) is 15.5 Å². The molecule has 0 aliphatic rings. The minimum absolute atomic E-state index is 0.135. The molecule has 1 amide bonds. The third-order valence-electron chi connectivity index (χ3n) is 2.34. The zero-order chi connectivity index (χ0) is 15.0. The van der Waals surface area contributed by atoms with Crippen molar-refractivity contribution >= 4 is 35.3 Å². The SMILES string of the molecule is C=NC(=O)CN(CC)c1cc(C)nc([N-]C=N[CH]=[W])n1. The van der Waals surface area contributed by atoms with Crippen LogP contribution in [0.3, 0.4) is 0 Å². The number of hydrogen-bond donors (Lipinski definition) is 0. The molecule has 20 heavy (non-hydrogen) atoms. The summed E-state index contributed by atoms with van der Waals surface area (Å²) < 4.78 is 1.70. The molecule has 0 spiro atoms. The molecule has 0 atom stereocenters. The van der Waals surface area contributed by atoms with E-state index in [0.717, 1.165) is 5.69 Å². The first-order chi connectivity index (χ1) is 9.60. The molecule has 1 aromatic rings. The van der Waals surface area contributed by atoms with Crippen molar-refractivity contribution in [2.45, 2.75) is 13.8 Å². The Balaban J connectivity index is 2.97. The number of nitrogens with zero attached hydrogens (tertiary/aromatic N) is 6. The van der Waals surface area contributed by atoms with Gasteiger partial charge in [0.25, 0.3) is 0 Å². The van der Waals surface area contributed by atoms with Gasteiger partial charge >= 0.3 is 128 Å². The Morgan fingerprint density at radius 1 is 1.60 bits per heavy atom. The molecular weight excluding hydrogens is 428 g/mol. The standard InChI is InChI=1S/C12H15N6O.W/c1-5-18(7-11(19)14-4)10-6-9(2)16-12(17-10)15-8-13-3;/h3,6,8H,4-5,7H2,1-2H3;/q-1;. The van der Waals surface area contributed by atoms with Gasteiger partial charge in [0, 0.05) is 0 Å². The van der Waals surface area contributed by atoms with Crippen LogP contribution in [0.15, 0.2) is 16.1 Å². The first-order valence-corrected chi connectivity index (χ1v) is 7.56. The van der Waals surface area contributed by atoms with Gasteiger partial charge in [0.05, 0.1) is 0 Å². The van der Waals surface area contributed by atoms with Crippen LogP contribution in [0.5, 0.6) is 0 Å². The number of anilines is 1. The zero-order valence-electron chi connectivity index (χ0n) is 11.4. The first-order valence-electron chi connectivity index (χ1n) is 5.87. The van der Waals surface area contributed by atoms with Crippen LogP contribution in [0.2, 0.25) is 0 Å². The van der Waals surface area contributed by atoms with E-state index >= 15 is 0 Å². The quantitative estimate of drug-likeness (QED) is 0.468. The third kappa shape index (κ3) is 5.09. The van der Waals surface area contributed by atoms with Crippen molar-refractivity contribution in [1.82, 2.24) is 9.97 Å². The van der Waals surface area contributed by atoms with E-state index in [0.29, 0.717) is 18.3 Å². The summed E-state index contributed by atoms with van der Waals surface area (Å²) in [6.45, 7) is 7.77. The van der Waals surface area contributed by atoms with E-state index in [1.807, 2.05) is 13.8 Å². The van der Waals surface area contributed by atoms with E-state index in [9.17, 15) is 4.79 Å². The van der Waals surface area contributed by atoms with Crippen LogP contribution in [-0.2, 0) is 24.1 Å². The monoisotopic (exact) mass is 443 g/mol. The van der Waals surface area contributed by atoms with Gasteiger partial charge in [0.15, 0.2) is 0 Å². The van der Waals surface area contributed by atoms with Crippen LogP contribution in [0.25, 0.3) is 5.32 Å². The summed E-state index contributed by atoms with van der Waals surface area (Å²) in [5.41, 5.74) is 0.769. The van der Waals surface area contributed by atoms with Crippen LogP contribution in [-0.4, -0.2) is 46.5 Å². The molecule has 0 saturated carbocycles. The van der Waals surface area contributed by atoms with Gasteiger partial charge in [-0.3, -0.25) is 0 Å². The Kier molecular flexibility index (Phi) is 6.87. The maximum atomic E-state index is 11.4. The van der Waals surface area contributed by atoms with Crippen molar-refractivity contribution in [3.05, 3.63) is 17.1 Å². The number of rotatable bonds is 7. The molecule has 1 heterocycles. The van der Waals surface area contributed by atoms with Crippen molar-refractivity contribution in [2.24, 2.45) is 9.98 Å². The summed E-state index contributed by atoms with van der Waals surface area (Å²) in [5, 5.41) is 4.05. The van der Waals surface area contributed by atoms with Gasteiger partial charge in [-0.1, -0.05) is 0 Å². The molecule has 106 valence electrons.